The van der Waals surface area contributed by atoms with Crippen LogP contribution in [0.15, 0.2) is 48.2 Å². The number of rotatable bonds is 5. The summed E-state index contributed by atoms with van der Waals surface area (Å²) in [5.41, 5.74) is -2.06. The fourth-order valence-electron chi connectivity index (χ4n) is 2.19. The first-order valence-electron chi connectivity index (χ1n) is 8.66. The maximum absolute atomic E-state index is 14.2. The summed E-state index contributed by atoms with van der Waals surface area (Å²) in [6, 6.07) is 8.19. The van der Waals surface area contributed by atoms with E-state index in [4.69, 9.17) is 21.6 Å². The molecule has 0 atom stereocenters. The van der Waals surface area contributed by atoms with Gasteiger partial charge in [0, 0.05) is 26.2 Å². The van der Waals surface area contributed by atoms with Gasteiger partial charge in [-0.1, -0.05) is 23.7 Å². The van der Waals surface area contributed by atoms with Crippen molar-refractivity contribution in [2.24, 2.45) is 0 Å². The number of alkyl halides is 3. The zero-order chi connectivity index (χ0) is 24.1. The second kappa shape index (κ2) is 10.0. The molecule has 2 rings (SSSR count). The summed E-state index contributed by atoms with van der Waals surface area (Å²) in [7, 11) is 2.45. The molecule has 0 spiro atoms. The number of nitrogens with zero attached hydrogens (tertiary/aromatic N) is 2. The molecule has 3 amide bonds. The van der Waals surface area contributed by atoms with Crippen molar-refractivity contribution in [3.05, 3.63) is 64.6 Å². The Morgan fingerprint density at radius 2 is 1.84 bits per heavy atom. The molecule has 0 aromatic heterocycles. The maximum atomic E-state index is 14.2. The minimum absolute atomic E-state index is 0.0865. The molecule has 0 aliphatic rings. The third kappa shape index (κ3) is 6.36. The first-order chi connectivity index (χ1) is 14.9. The number of para-hydroxylation sites is 1. The van der Waals surface area contributed by atoms with Gasteiger partial charge in [-0.3, -0.25) is 4.79 Å². The van der Waals surface area contributed by atoms with Gasteiger partial charge in [0.2, 0.25) is 5.91 Å². The number of amides is 3. The first-order valence-corrected chi connectivity index (χ1v) is 9.04. The van der Waals surface area contributed by atoms with Crippen LogP contribution in [0.1, 0.15) is 5.56 Å². The summed E-state index contributed by atoms with van der Waals surface area (Å²) >= 11 is 5.94. The molecule has 0 saturated carbocycles. The van der Waals surface area contributed by atoms with Gasteiger partial charge in [-0.25, -0.2) is 9.18 Å². The van der Waals surface area contributed by atoms with Crippen molar-refractivity contribution in [1.82, 2.24) is 10.2 Å². The van der Waals surface area contributed by atoms with E-state index in [1.807, 2.05) is 11.4 Å². The zero-order valence-electron chi connectivity index (χ0n) is 16.6. The molecule has 2 aromatic rings. The van der Waals surface area contributed by atoms with Gasteiger partial charge < -0.3 is 20.3 Å². The molecular weight excluding hydrogens is 456 g/mol. The number of likely N-dealkylation sites (N-methyl/N-ethyl adjacent to an activating group) is 1. The molecule has 0 aliphatic heterocycles. The average Bonchev–Trinajstić information content (AvgIpc) is 2.70. The predicted molar refractivity (Wildman–Crippen MR) is 108 cm³/mol. The van der Waals surface area contributed by atoms with E-state index in [2.05, 4.69) is 0 Å². The standard InChI is InChI=1S/C20H15ClF4N4O3/c1-29(2)18(30)9-17(20(23,24)25)28-19(31)27-14-8-16(12(21)7-13(14)22)32-15-6-4-3-5-11(15)10-26/h3-9H,1-2H3,(H2,27,28,31)/b17-9-. The highest BCUT2D eigenvalue weighted by Gasteiger charge is 2.36. The van der Waals surface area contributed by atoms with Crippen LogP contribution in [0.4, 0.5) is 28.0 Å². The number of urea groups is 1. The van der Waals surface area contributed by atoms with E-state index in [-0.39, 0.29) is 28.2 Å². The molecule has 168 valence electrons. The molecule has 0 bridgehead atoms. The number of allylic oxidation sites excluding steroid dienone is 1. The van der Waals surface area contributed by atoms with Crippen molar-refractivity contribution in [3.63, 3.8) is 0 Å². The fraction of sp³-hybridized carbons (Fsp3) is 0.150. The van der Waals surface area contributed by atoms with Crippen molar-refractivity contribution >= 4 is 29.2 Å². The SMILES string of the molecule is CN(C)C(=O)/C=C(\NC(=O)Nc1cc(Oc2ccccc2C#N)c(Cl)cc1F)C(F)(F)F. The summed E-state index contributed by atoms with van der Waals surface area (Å²) in [5, 5.41) is 12.3. The molecule has 0 radical (unpaired) electrons. The third-order valence-electron chi connectivity index (χ3n) is 3.76. The molecule has 0 unspecified atom stereocenters. The van der Waals surface area contributed by atoms with Gasteiger partial charge in [-0.05, 0) is 18.2 Å². The largest absolute Gasteiger partial charge is 0.454 e. The van der Waals surface area contributed by atoms with E-state index >= 15 is 0 Å². The van der Waals surface area contributed by atoms with Gasteiger partial charge >= 0.3 is 12.2 Å². The molecule has 0 heterocycles. The molecule has 7 nitrogen and oxygen atoms in total. The van der Waals surface area contributed by atoms with E-state index in [0.717, 1.165) is 17.0 Å². The molecule has 32 heavy (non-hydrogen) atoms. The Bertz CT molecular complexity index is 1110. The van der Waals surface area contributed by atoms with E-state index in [1.165, 1.54) is 31.5 Å². The van der Waals surface area contributed by atoms with Crippen LogP contribution in [0.25, 0.3) is 0 Å². The van der Waals surface area contributed by atoms with Gasteiger partial charge in [0.1, 0.15) is 29.1 Å². The van der Waals surface area contributed by atoms with Crippen LogP contribution in [-0.2, 0) is 4.79 Å². The smallest absolute Gasteiger partial charge is 0.431 e. The molecule has 2 N–H and O–H groups in total. The number of ether oxygens (including phenoxy) is 1. The highest BCUT2D eigenvalue weighted by atomic mass is 35.5. The number of hydrogen-bond acceptors (Lipinski definition) is 4. The van der Waals surface area contributed by atoms with Crippen molar-refractivity contribution in [2.75, 3.05) is 19.4 Å². The lowest BCUT2D eigenvalue weighted by atomic mass is 10.2. The third-order valence-corrected chi connectivity index (χ3v) is 4.05. The summed E-state index contributed by atoms with van der Waals surface area (Å²) < 4.78 is 59.1. The lowest BCUT2D eigenvalue weighted by Gasteiger charge is -2.16. The van der Waals surface area contributed by atoms with Crippen LogP contribution in [0.3, 0.4) is 0 Å². The molecule has 0 fully saturated rings. The summed E-state index contributed by atoms with van der Waals surface area (Å²) in [6.07, 6.45) is -4.87. The lowest BCUT2D eigenvalue weighted by Crippen LogP contribution is -2.36. The monoisotopic (exact) mass is 470 g/mol. The van der Waals surface area contributed by atoms with E-state index in [0.29, 0.717) is 0 Å². The maximum Gasteiger partial charge on any atom is 0.431 e. The number of hydrogen-bond donors (Lipinski definition) is 2. The molecule has 12 heteroatoms. The van der Waals surface area contributed by atoms with Crippen molar-refractivity contribution in [3.8, 4) is 17.6 Å². The van der Waals surface area contributed by atoms with Gasteiger partial charge in [0.15, 0.2) is 0 Å². The normalized spacial score (nSPS) is 11.4. The highest BCUT2D eigenvalue weighted by Crippen LogP contribution is 2.35. The molecular formula is C20H15ClF4N4O3. The quantitative estimate of drug-likeness (QED) is 0.485. The van der Waals surface area contributed by atoms with Crippen LogP contribution in [0, 0.1) is 17.1 Å². The Labute approximate surface area is 184 Å². The summed E-state index contributed by atoms with van der Waals surface area (Å²) in [4.78, 5) is 24.5. The van der Waals surface area contributed by atoms with Crippen molar-refractivity contribution < 1.29 is 31.9 Å². The number of benzene rings is 2. The Hall–Kier alpha value is -3.78. The molecule has 0 aliphatic carbocycles. The number of halogens is 5. The molecule has 2 aromatic carbocycles. The number of anilines is 1. The topological polar surface area (TPSA) is 94.5 Å². The minimum Gasteiger partial charge on any atom is -0.454 e. The number of carbonyl (C=O) groups excluding carboxylic acids is 2. The van der Waals surface area contributed by atoms with Gasteiger partial charge in [0.25, 0.3) is 0 Å². The van der Waals surface area contributed by atoms with Crippen LogP contribution in [0.5, 0.6) is 11.5 Å². The van der Waals surface area contributed by atoms with Crippen LogP contribution in [-0.4, -0.2) is 37.1 Å². The second-order valence-electron chi connectivity index (χ2n) is 6.34. The Morgan fingerprint density at radius 3 is 2.44 bits per heavy atom. The fourth-order valence-corrected chi connectivity index (χ4v) is 2.38. The predicted octanol–water partition coefficient (Wildman–Crippen LogP) is 4.80. The lowest BCUT2D eigenvalue weighted by molar-refractivity contribution is -0.125. The van der Waals surface area contributed by atoms with Gasteiger partial charge in [0.05, 0.1) is 16.3 Å². The Morgan fingerprint density at radius 1 is 1.19 bits per heavy atom. The van der Waals surface area contributed by atoms with E-state index < -0.39 is 35.3 Å². The van der Waals surface area contributed by atoms with Crippen molar-refractivity contribution in [2.45, 2.75) is 6.18 Å². The average molecular weight is 471 g/mol. The van der Waals surface area contributed by atoms with E-state index in [1.54, 1.807) is 12.1 Å². The number of nitriles is 1. The summed E-state index contributed by atoms with van der Waals surface area (Å²) in [6.45, 7) is 0. The van der Waals surface area contributed by atoms with Gasteiger partial charge in [-0.2, -0.15) is 18.4 Å². The van der Waals surface area contributed by atoms with Crippen LogP contribution in [0.2, 0.25) is 5.02 Å². The first kappa shape index (κ1) is 24.5. The van der Waals surface area contributed by atoms with E-state index in [9.17, 15) is 27.2 Å². The highest BCUT2D eigenvalue weighted by molar-refractivity contribution is 6.32. The van der Waals surface area contributed by atoms with Crippen LogP contribution < -0.4 is 15.4 Å². The summed E-state index contributed by atoms with van der Waals surface area (Å²) in [5.74, 6) is -2.17. The zero-order valence-corrected chi connectivity index (χ0v) is 17.3. The van der Waals surface area contributed by atoms with Crippen molar-refractivity contribution in [1.29, 1.82) is 5.26 Å². The second-order valence-corrected chi connectivity index (χ2v) is 6.75. The Balaban J connectivity index is 2.28. The molecule has 0 saturated heterocycles. The number of carbonyl (C=O) groups is 2. The van der Waals surface area contributed by atoms with Crippen LogP contribution >= 0.6 is 11.6 Å². The van der Waals surface area contributed by atoms with Gasteiger partial charge in [-0.15, -0.1) is 0 Å². The minimum atomic E-state index is -5.06. The Kier molecular flexibility index (Phi) is 7.67. The number of nitrogens with one attached hydrogen (secondary N) is 2.